The summed E-state index contributed by atoms with van der Waals surface area (Å²) in [6.45, 7) is 9.58. The minimum absolute atomic E-state index is 0. The molecule has 3 heterocycles. The van der Waals surface area contributed by atoms with Crippen LogP contribution < -0.4 is 5.32 Å². The highest BCUT2D eigenvalue weighted by atomic mass is 127. The van der Waals surface area contributed by atoms with Crippen LogP contribution in [0.4, 0.5) is 0 Å². The van der Waals surface area contributed by atoms with Crippen LogP contribution in [-0.4, -0.2) is 68.2 Å². The highest BCUT2D eigenvalue weighted by Gasteiger charge is 2.23. The van der Waals surface area contributed by atoms with Gasteiger partial charge in [0.05, 0.1) is 6.10 Å². The summed E-state index contributed by atoms with van der Waals surface area (Å²) in [6, 6.07) is 4.40. The van der Waals surface area contributed by atoms with Crippen molar-refractivity contribution < 1.29 is 4.74 Å². The number of rotatable bonds is 6. The van der Waals surface area contributed by atoms with Crippen LogP contribution in [0, 0.1) is 5.92 Å². The maximum Gasteiger partial charge on any atom is 0.193 e. The molecule has 0 saturated carbocycles. The van der Waals surface area contributed by atoms with E-state index in [1.165, 1.54) is 30.8 Å². The third kappa shape index (κ3) is 7.18. The Bertz CT molecular complexity index is 538. The number of thiophene rings is 1. The molecular weight excluding hydrogens is 471 g/mol. The molecule has 27 heavy (non-hydrogen) atoms. The maximum atomic E-state index is 5.76. The van der Waals surface area contributed by atoms with E-state index in [0.29, 0.717) is 6.10 Å². The minimum Gasteiger partial charge on any atom is -0.378 e. The number of ether oxygens (including phenoxy) is 1. The first-order chi connectivity index (χ1) is 12.8. The Morgan fingerprint density at radius 2 is 1.96 bits per heavy atom. The minimum atomic E-state index is 0. The highest BCUT2D eigenvalue weighted by Crippen LogP contribution is 2.20. The summed E-state index contributed by atoms with van der Waals surface area (Å²) in [4.78, 5) is 11.0. The third-order valence-corrected chi connectivity index (χ3v) is 6.43. The summed E-state index contributed by atoms with van der Waals surface area (Å²) in [5, 5.41) is 5.81. The van der Waals surface area contributed by atoms with Crippen molar-refractivity contribution in [2.45, 2.75) is 45.3 Å². The molecule has 0 amide bonds. The quantitative estimate of drug-likeness (QED) is 0.363. The Morgan fingerprint density at radius 1 is 1.22 bits per heavy atom. The van der Waals surface area contributed by atoms with Crippen LogP contribution in [0.2, 0.25) is 0 Å². The van der Waals surface area contributed by atoms with Crippen LogP contribution in [0.3, 0.4) is 0 Å². The molecule has 0 aromatic carbocycles. The number of nitrogens with zero attached hydrogens (tertiary/aromatic N) is 3. The first-order valence-corrected chi connectivity index (χ1v) is 11.0. The number of halogens is 1. The third-order valence-electron chi connectivity index (χ3n) is 5.57. The van der Waals surface area contributed by atoms with E-state index in [1.54, 1.807) is 0 Å². The fourth-order valence-electron chi connectivity index (χ4n) is 4.01. The molecule has 1 aromatic rings. The first-order valence-electron chi connectivity index (χ1n) is 10.1. The van der Waals surface area contributed by atoms with Gasteiger partial charge in [-0.15, -0.1) is 35.3 Å². The van der Waals surface area contributed by atoms with Crippen molar-refractivity contribution in [2.75, 3.05) is 46.4 Å². The molecule has 1 aromatic heterocycles. The molecular formula is C20H35IN4OS. The van der Waals surface area contributed by atoms with E-state index in [9.17, 15) is 0 Å². The summed E-state index contributed by atoms with van der Waals surface area (Å²) in [7, 11) is 1.90. The summed E-state index contributed by atoms with van der Waals surface area (Å²) >= 11 is 1.87. The molecule has 5 nitrogen and oxygen atoms in total. The number of hydrogen-bond acceptors (Lipinski definition) is 4. The van der Waals surface area contributed by atoms with E-state index in [1.807, 2.05) is 18.4 Å². The summed E-state index contributed by atoms with van der Waals surface area (Å²) in [5.74, 6) is 1.83. The number of guanidine groups is 1. The molecule has 2 fully saturated rings. The van der Waals surface area contributed by atoms with E-state index in [0.717, 1.165) is 57.5 Å². The average molecular weight is 506 g/mol. The summed E-state index contributed by atoms with van der Waals surface area (Å²) < 4.78 is 5.76. The molecule has 2 saturated heterocycles. The molecule has 1 N–H and O–H groups in total. The van der Waals surface area contributed by atoms with Crippen molar-refractivity contribution in [2.24, 2.45) is 10.9 Å². The van der Waals surface area contributed by atoms with Crippen molar-refractivity contribution in [3.63, 3.8) is 0 Å². The Hall–Kier alpha value is -0.380. The van der Waals surface area contributed by atoms with E-state index < -0.39 is 0 Å². The second-order valence-electron chi connectivity index (χ2n) is 7.37. The number of likely N-dealkylation sites (tertiary alicyclic amines) is 2. The van der Waals surface area contributed by atoms with Gasteiger partial charge < -0.3 is 15.0 Å². The van der Waals surface area contributed by atoms with E-state index in [4.69, 9.17) is 4.74 Å². The van der Waals surface area contributed by atoms with Gasteiger partial charge in [0.2, 0.25) is 0 Å². The van der Waals surface area contributed by atoms with Crippen molar-refractivity contribution >= 4 is 41.3 Å². The van der Waals surface area contributed by atoms with Crippen LogP contribution in [0.25, 0.3) is 0 Å². The molecule has 2 aliphatic rings. The van der Waals surface area contributed by atoms with Gasteiger partial charge in [-0.2, -0.15) is 0 Å². The van der Waals surface area contributed by atoms with E-state index in [2.05, 4.69) is 44.5 Å². The Balaban J connectivity index is 0.00000261. The lowest BCUT2D eigenvalue weighted by Crippen LogP contribution is -2.48. The lowest BCUT2D eigenvalue weighted by Gasteiger charge is -2.35. The fourth-order valence-corrected chi connectivity index (χ4v) is 4.76. The van der Waals surface area contributed by atoms with Crippen LogP contribution in [0.1, 0.15) is 37.5 Å². The first kappa shape index (κ1) is 22.9. The SMILES string of the molecule is CCOC1CCN(C(=NC)NCC2CCN(Cc3cccs3)CC2)CC1.I. The zero-order valence-electron chi connectivity index (χ0n) is 16.7. The number of nitrogens with one attached hydrogen (secondary N) is 1. The molecule has 154 valence electrons. The monoisotopic (exact) mass is 506 g/mol. The standard InChI is InChI=1S/C20H34N4OS.HI/c1-3-25-18-8-12-24(13-9-18)20(21-2)22-15-17-6-10-23(11-7-17)16-19-5-4-14-26-19;/h4-5,14,17-18H,3,6-13,15-16H2,1-2H3,(H,21,22);1H. The van der Waals surface area contributed by atoms with Gasteiger partial charge in [0.15, 0.2) is 5.96 Å². The normalized spacial score (nSPS) is 20.5. The van der Waals surface area contributed by atoms with Crippen molar-refractivity contribution in [1.82, 2.24) is 15.1 Å². The predicted molar refractivity (Wildman–Crippen MR) is 125 cm³/mol. The van der Waals surface area contributed by atoms with Crippen LogP contribution in [-0.2, 0) is 11.3 Å². The van der Waals surface area contributed by atoms with Crippen molar-refractivity contribution in [3.05, 3.63) is 22.4 Å². The molecule has 0 spiro atoms. The average Bonchev–Trinajstić information content (AvgIpc) is 3.18. The zero-order chi connectivity index (χ0) is 18.2. The lowest BCUT2D eigenvalue weighted by atomic mass is 9.97. The molecule has 0 atom stereocenters. The number of aliphatic imine (C=N–C) groups is 1. The topological polar surface area (TPSA) is 40.1 Å². The molecule has 0 unspecified atom stereocenters. The Kier molecular flexibility index (Phi) is 10.4. The van der Waals surface area contributed by atoms with Gasteiger partial charge in [0.25, 0.3) is 0 Å². The van der Waals surface area contributed by atoms with Gasteiger partial charge >= 0.3 is 0 Å². The summed E-state index contributed by atoms with van der Waals surface area (Å²) in [5.41, 5.74) is 0. The molecule has 0 aliphatic carbocycles. The highest BCUT2D eigenvalue weighted by molar-refractivity contribution is 14.0. The second-order valence-corrected chi connectivity index (χ2v) is 8.40. The van der Waals surface area contributed by atoms with Crippen LogP contribution in [0.5, 0.6) is 0 Å². The van der Waals surface area contributed by atoms with Gasteiger partial charge in [0, 0.05) is 44.7 Å². The molecule has 3 rings (SSSR count). The van der Waals surface area contributed by atoms with E-state index in [-0.39, 0.29) is 24.0 Å². The van der Waals surface area contributed by atoms with Gasteiger partial charge in [0.1, 0.15) is 0 Å². The Labute approximate surface area is 185 Å². The second kappa shape index (κ2) is 12.2. The fraction of sp³-hybridized carbons (Fsp3) is 0.750. The molecule has 0 bridgehead atoms. The van der Waals surface area contributed by atoms with Gasteiger partial charge in [-0.25, -0.2) is 0 Å². The van der Waals surface area contributed by atoms with Gasteiger partial charge in [-0.1, -0.05) is 6.07 Å². The van der Waals surface area contributed by atoms with Crippen molar-refractivity contribution in [3.8, 4) is 0 Å². The largest absolute Gasteiger partial charge is 0.378 e. The Morgan fingerprint density at radius 3 is 2.56 bits per heavy atom. The number of piperidine rings is 2. The molecule has 0 radical (unpaired) electrons. The van der Waals surface area contributed by atoms with Gasteiger partial charge in [-0.05, 0) is 63.1 Å². The maximum absolute atomic E-state index is 5.76. The molecule has 2 aliphatic heterocycles. The smallest absolute Gasteiger partial charge is 0.193 e. The predicted octanol–water partition coefficient (Wildman–Crippen LogP) is 3.65. The van der Waals surface area contributed by atoms with Crippen LogP contribution in [0.15, 0.2) is 22.5 Å². The summed E-state index contributed by atoms with van der Waals surface area (Å²) in [6.07, 6.45) is 5.21. The van der Waals surface area contributed by atoms with Crippen LogP contribution >= 0.6 is 35.3 Å². The lowest BCUT2D eigenvalue weighted by molar-refractivity contribution is 0.0263. The van der Waals surface area contributed by atoms with Crippen molar-refractivity contribution in [1.29, 1.82) is 0 Å². The molecule has 7 heteroatoms. The van der Waals surface area contributed by atoms with Gasteiger partial charge in [-0.3, -0.25) is 9.89 Å². The zero-order valence-corrected chi connectivity index (χ0v) is 19.9. The number of hydrogen-bond donors (Lipinski definition) is 1. The van der Waals surface area contributed by atoms with E-state index >= 15 is 0 Å².